The Morgan fingerprint density at radius 1 is 0.800 bits per heavy atom. The van der Waals surface area contributed by atoms with Crippen LogP contribution in [0.25, 0.3) is 0 Å². The van der Waals surface area contributed by atoms with Crippen LogP contribution in [0.15, 0.2) is 58.5 Å². The molecule has 132 valence electrons. The van der Waals surface area contributed by atoms with Crippen molar-refractivity contribution in [3.05, 3.63) is 59.7 Å². The number of phenolic OH excluding ortho intramolecular Hbond substituents is 1. The van der Waals surface area contributed by atoms with E-state index in [1.165, 1.54) is 0 Å². The molecule has 0 radical (unpaired) electrons. The first kappa shape index (κ1) is 18.7. The van der Waals surface area contributed by atoms with Crippen molar-refractivity contribution in [3.8, 4) is 11.5 Å². The summed E-state index contributed by atoms with van der Waals surface area (Å²) in [6.45, 7) is 1.62. The van der Waals surface area contributed by atoms with Gasteiger partial charge in [-0.3, -0.25) is 9.98 Å². The van der Waals surface area contributed by atoms with Crippen LogP contribution in [0.4, 0.5) is 0 Å². The van der Waals surface area contributed by atoms with Crippen LogP contribution in [0.3, 0.4) is 0 Å². The molecule has 0 aromatic heterocycles. The van der Waals surface area contributed by atoms with Gasteiger partial charge in [0.1, 0.15) is 11.5 Å². The highest BCUT2D eigenvalue weighted by Crippen LogP contribution is 2.15. The molecule has 2 aromatic rings. The fourth-order valence-corrected chi connectivity index (χ4v) is 2.46. The molecule has 4 heteroatoms. The molecule has 2 rings (SSSR count). The maximum Gasteiger partial charge on any atom is 0.127 e. The van der Waals surface area contributed by atoms with Crippen LogP contribution in [0, 0.1) is 0 Å². The first-order valence-corrected chi connectivity index (χ1v) is 8.72. The highest BCUT2D eigenvalue weighted by molar-refractivity contribution is 5.83. The van der Waals surface area contributed by atoms with Crippen LogP contribution >= 0.6 is 0 Å². The number of aromatic hydroxyl groups is 1. The van der Waals surface area contributed by atoms with Gasteiger partial charge in [-0.25, -0.2) is 0 Å². The minimum absolute atomic E-state index is 0.277. The Kier molecular flexibility index (Phi) is 8.25. The van der Waals surface area contributed by atoms with E-state index in [0.29, 0.717) is 0 Å². The Bertz CT molecular complexity index is 696. The molecule has 0 saturated heterocycles. The molecule has 0 spiro atoms. The number of nitrogens with zero attached hydrogens (tertiary/aromatic N) is 2. The van der Waals surface area contributed by atoms with E-state index in [2.05, 4.69) is 9.98 Å². The molecule has 2 aromatic carbocycles. The lowest BCUT2D eigenvalue weighted by Gasteiger charge is -2.02. The molecule has 0 amide bonds. The van der Waals surface area contributed by atoms with E-state index in [1.54, 1.807) is 19.4 Å². The van der Waals surface area contributed by atoms with Gasteiger partial charge < -0.3 is 9.84 Å². The number of hydrogen-bond acceptors (Lipinski definition) is 4. The molecule has 0 saturated carbocycles. The smallest absolute Gasteiger partial charge is 0.127 e. The van der Waals surface area contributed by atoms with Gasteiger partial charge in [-0.1, -0.05) is 37.1 Å². The van der Waals surface area contributed by atoms with E-state index in [0.717, 1.165) is 55.6 Å². The van der Waals surface area contributed by atoms with Gasteiger partial charge in [0.05, 0.1) is 7.11 Å². The van der Waals surface area contributed by atoms with Crippen molar-refractivity contribution in [2.24, 2.45) is 9.98 Å². The molecular formula is C21H26N2O2. The lowest BCUT2D eigenvalue weighted by molar-refractivity contribution is 0.414. The summed E-state index contributed by atoms with van der Waals surface area (Å²) in [7, 11) is 1.67. The Labute approximate surface area is 149 Å². The third kappa shape index (κ3) is 6.79. The summed E-state index contributed by atoms with van der Waals surface area (Å²) < 4.78 is 5.30. The molecule has 0 heterocycles. The second-order valence-corrected chi connectivity index (χ2v) is 5.79. The van der Waals surface area contributed by atoms with E-state index in [-0.39, 0.29) is 5.75 Å². The molecule has 0 atom stereocenters. The average Bonchev–Trinajstić information content (AvgIpc) is 2.65. The van der Waals surface area contributed by atoms with Gasteiger partial charge in [0.2, 0.25) is 0 Å². The minimum atomic E-state index is 0.277. The molecule has 4 nitrogen and oxygen atoms in total. The van der Waals surface area contributed by atoms with Crippen molar-refractivity contribution in [1.82, 2.24) is 0 Å². The Hall–Kier alpha value is -2.62. The number of hydrogen-bond donors (Lipinski definition) is 1. The zero-order valence-corrected chi connectivity index (χ0v) is 14.8. The van der Waals surface area contributed by atoms with Crippen LogP contribution in [0.2, 0.25) is 0 Å². The van der Waals surface area contributed by atoms with Crippen molar-refractivity contribution in [2.45, 2.75) is 25.7 Å². The van der Waals surface area contributed by atoms with Crippen LogP contribution in [0.5, 0.6) is 11.5 Å². The van der Waals surface area contributed by atoms with Crippen LogP contribution in [0.1, 0.15) is 36.8 Å². The normalized spacial score (nSPS) is 11.4. The third-order valence-electron chi connectivity index (χ3n) is 3.86. The summed E-state index contributed by atoms with van der Waals surface area (Å²) in [6, 6.07) is 15.1. The lowest BCUT2D eigenvalue weighted by atomic mass is 10.2. The summed E-state index contributed by atoms with van der Waals surface area (Å²) >= 11 is 0. The summed E-state index contributed by atoms with van der Waals surface area (Å²) in [5, 5.41) is 9.64. The van der Waals surface area contributed by atoms with Crippen LogP contribution in [-0.2, 0) is 0 Å². The number of phenols is 1. The van der Waals surface area contributed by atoms with Crippen molar-refractivity contribution >= 4 is 12.4 Å². The number of aliphatic imine (C=N–C) groups is 2. The predicted molar refractivity (Wildman–Crippen MR) is 104 cm³/mol. The highest BCUT2D eigenvalue weighted by Gasteiger charge is 1.97. The monoisotopic (exact) mass is 338 g/mol. The van der Waals surface area contributed by atoms with Crippen molar-refractivity contribution in [2.75, 3.05) is 20.2 Å². The number of ether oxygens (including phenoxy) is 1. The number of para-hydroxylation sites is 2. The Balaban J connectivity index is 1.56. The maximum absolute atomic E-state index is 9.64. The quantitative estimate of drug-likeness (QED) is 0.512. The second kappa shape index (κ2) is 11.0. The van der Waals surface area contributed by atoms with Crippen molar-refractivity contribution in [3.63, 3.8) is 0 Å². The summed E-state index contributed by atoms with van der Waals surface area (Å²) in [6.07, 6.45) is 8.05. The molecule has 0 bridgehead atoms. The minimum Gasteiger partial charge on any atom is -0.507 e. The highest BCUT2D eigenvalue weighted by atomic mass is 16.5. The Morgan fingerprint density at radius 3 is 2.00 bits per heavy atom. The van der Waals surface area contributed by atoms with E-state index in [1.807, 2.05) is 48.7 Å². The molecule has 0 aliphatic rings. The topological polar surface area (TPSA) is 54.2 Å². The molecular weight excluding hydrogens is 312 g/mol. The van der Waals surface area contributed by atoms with E-state index in [9.17, 15) is 5.11 Å². The number of rotatable bonds is 10. The van der Waals surface area contributed by atoms with E-state index in [4.69, 9.17) is 4.74 Å². The molecule has 1 N–H and O–H groups in total. The summed E-state index contributed by atoms with van der Waals surface area (Å²) in [4.78, 5) is 8.84. The fraction of sp³-hybridized carbons (Fsp3) is 0.333. The van der Waals surface area contributed by atoms with Crippen molar-refractivity contribution < 1.29 is 9.84 Å². The second-order valence-electron chi connectivity index (χ2n) is 5.79. The SMILES string of the molecule is COc1ccccc1C=NCCCCCCN=Cc1ccccc1O. The average molecular weight is 338 g/mol. The number of unbranched alkanes of at least 4 members (excludes halogenated alkanes) is 3. The van der Waals surface area contributed by atoms with Crippen molar-refractivity contribution in [1.29, 1.82) is 0 Å². The maximum atomic E-state index is 9.64. The van der Waals surface area contributed by atoms with Gasteiger partial charge >= 0.3 is 0 Å². The fourth-order valence-electron chi connectivity index (χ4n) is 2.46. The molecule has 25 heavy (non-hydrogen) atoms. The molecule has 0 aliphatic heterocycles. The number of benzene rings is 2. The zero-order valence-electron chi connectivity index (χ0n) is 14.8. The lowest BCUT2D eigenvalue weighted by Crippen LogP contribution is -1.91. The van der Waals surface area contributed by atoms with Crippen LogP contribution in [-0.4, -0.2) is 37.7 Å². The Morgan fingerprint density at radius 2 is 1.36 bits per heavy atom. The van der Waals surface area contributed by atoms with Crippen LogP contribution < -0.4 is 4.74 Å². The first-order valence-electron chi connectivity index (χ1n) is 8.72. The molecule has 0 unspecified atom stereocenters. The zero-order chi connectivity index (χ0) is 17.7. The van der Waals surface area contributed by atoms with Gasteiger partial charge in [0.15, 0.2) is 0 Å². The first-order chi connectivity index (χ1) is 12.3. The van der Waals surface area contributed by atoms with Gasteiger partial charge in [0.25, 0.3) is 0 Å². The summed E-state index contributed by atoms with van der Waals surface area (Å²) in [5.74, 6) is 1.13. The predicted octanol–water partition coefficient (Wildman–Crippen LogP) is 4.50. The van der Waals surface area contributed by atoms with E-state index >= 15 is 0 Å². The molecule has 0 aliphatic carbocycles. The van der Waals surface area contributed by atoms with Gasteiger partial charge in [0, 0.05) is 36.6 Å². The van der Waals surface area contributed by atoms with Gasteiger partial charge in [-0.05, 0) is 37.1 Å². The third-order valence-corrected chi connectivity index (χ3v) is 3.86. The van der Waals surface area contributed by atoms with Gasteiger partial charge in [-0.2, -0.15) is 0 Å². The number of methoxy groups -OCH3 is 1. The largest absolute Gasteiger partial charge is 0.507 e. The van der Waals surface area contributed by atoms with E-state index < -0.39 is 0 Å². The van der Waals surface area contributed by atoms with Gasteiger partial charge in [-0.15, -0.1) is 0 Å². The standard InChI is InChI=1S/C21H26N2O2/c1-25-21-13-7-5-11-19(21)17-23-15-9-3-2-8-14-22-16-18-10-4-6-12-20(18)24/h4-7,10-13,16-17,24H,2-3,8-9,14-15H2,1H3. The summed E-state index contributed by atoms with van der Waals surface area (Å²) in [5.41, 5.74) is 1.79. The molecule has 0 fully saturated rings.